The molecule has 210 valence electrons. The first-order valence-corrected chi connectivity index (χ1v) is 13.4. The molecule has 1 heterocycles. The lowest BCUT2D eigenvalue weighted by Crippen LogP contribution is -2.38. The van der Waals surface area contributed by atoms with Crippen LogP contribution in [-0.2, 0) is 19.1 Å². The van der Waals surface area contributed by atoms with Gasteiger partial charge in [-0.1, -0.05) is 35.9 Å². The molecule has 0 spiro atoms. The summed E-state index contributed by atoms with van der Waals surface area (Å²) in [5, 5.41) is 10.9. The molecule has 0 radical (unpaired) electrons. The van der Waals surface area contributed by atoms with E-state index in [1.54, 1.807) is 54.6 Å². The highest BCUT2D eigenvalue weighted by Crippen LogP contribution is 2.27. The molecule has 1 unspecified atom stereocenters. The zero-order valence-electron chi connectivity index (χ0n) is 21.4. The molecule has 12 heteroatoms. The van der Waals surface area contributed by atoms with E-state index in [9.17, 15) is 31.5 Å². The zero-order valence-corrected chi connectivity index (χ0v) is 22.2. The zero-order chi connectivity index (χ0) is 29.1. The molecule has 40 heavy (non-hydrogen) atoms. The number of carbonyl (C=O) groups is 1. The van der Waals surface area contributed by atoms with Gasteiger partial charge in [0, 0.05) is 23.7 Å². The maximum Gasteiger partial charge on any atom is 0.471 e. The van der Waals surface area contributed by atoms with Crippen molar-refractivity contribution in [2.75, 3.05) is 25.2 Å². The number of nitrogens with zero attached hydrogens (tertiary/aromatic N) is 2. The third kappa shape index (κ3) is 6.95. The molecular formula is C28H25F3N2O6S. The third-order valence-corrected chi connectivity index (χ3v) is 7.22. The van der Waals surface area contributed by atoms with Crippen molar-refractivity contribution in [3.05, 3.63) is 84.4 Å². The average Bonchev–Trinajstić information content (AvgIpc) is 2.93. The van der Waals surface area contributed by atoms with Crippen molar-refractivity contribution in [2.45, 2.75) is 24.1 Å². The number of benzene rings is 3. The van der Waals surface area contributed by atoms with Crippen LogP contribution in [0.5, 0.6) is 5.75 Å². The summed E-state index contributed by atoms with van der Waals surface area (Å²) >= 11 is 0. The normalized spacial score (nSPS) is 12.8. The van der Waals surface area contributed by atoms with E-state index in [0.29, 0.717) is 27.4 Å². The van der Waals surface area contributed by atoms with E-state index in [4.69, 9.17) is 8.92 Å². The smallest absolute Gasteiger partial charge is 0.471 e. The lowest BCUT2D eigenvalue weighted by atomic mass is 10.1. The van der Waals surface area contributed by atoms with Gasteiger partial charge < -0.3 is 14.7 Å². The van der Waals surface area contributed by atoms with Gasteiger partial charge in [-0.15, -0.1) is 0 Å². The number of amides is 1. The van der Waals surface area contributed by atoms with Gasteiger partial charge in [0.15, 0.2) is 0 Å². The quantitative estimate of drug-likeness (QED) is 0.284. The number of rotatable bonds is 9. The van der Waals surface area contributed by atoms with Crippen LogP contribution in [-0.4, -0.2) is 57.0 Å². The van der Waals surface area contributed by atoms with Gasteiger partial charge in [0.25, 0.3) is 10.1 Å². The van der Waals surface area contributed by atoms with Gasteiger partial charge in [0.2, 0.25) is 0 Å². The second-order valence-corrected chi connectivity index (χ2v) is 10.6. The lowest BCUT2D eigenvalue weighted by molar-refractivity contribution is -0.170. The molecule has 3 aromatic carbocycles. The summed E-state index contributed by atoms with van der Waals surface area (Å²) in [7, 11) is -2.96. The van der Waals surface area contributed by atoms with Crippen LogP contribution in [0.3, 0.4) is 0 Å². The number of hydrogen-bond donors (Lipinski definition) is 1. The molecule has 0 saturated heterocycles. The number of carbonyl (C=O) groups excluding carboxylic acids is 1. The Morgan fingerprint density at radius 1 is 0.975 bits per heavy atom. The van der Waals surface area contributed by atoms with Gasteiger partial charge in [-0.3, -0.25) is 8.98 Å². The van der Waals surface area contributed by atoms with Crippen LogP contribution in [0.15, 0.2) is 83.8 Å². The molecule has 0 aliphatic carbocycles. The van der Waals surface area contributed by atoms with Gasteiger partial charge in [-0.25, -0.2) is 4.98 Å². The number of halogens is 3. The number of aryl methyl sites for hydroxylation is 1. The van der Waals surface area contributed by atoms with Crippen LogP contribution in [0.25, 0.3) is 22.2 Å². The Morgan fingerprint density at radius 3 is 2.30 bits per heavy atom. The largest absolute Gasteiger partial charge is 0.491 e. The average molecular weight is 575 g/mol. The Hall–Kier alpha value is -4.00. The van der Waals surface area contributed by atoms with Crippen molar-refractivity contribution in [3.8, 4) is 17.0 Å². The number of ether oxygens (including phenoxy) is 1. The second kappa shape index (κ2) is 11.6. The number of aliphatic hydroxyl groups is 1. The highest BCUT2D eigenvalue weighted by Gasteiger charge is 2.41. The summed E-state index contributed by atoms with van der Waals surface area (Å²) < 4.78 is 73.1. The predicted octanol–water partition coefficient (Wildman–Crippen LogP) is 4.88. The van der Waals surface area contributed by atoms with Crippen LogP contribution in [0, 0.1) is 6.92 Å². The molecule has 4 rings (SSSR count). The van der Waals surface area contributed by atoms with Gasteiger partial charge >= 0.3 is 12.1 Å². The number of hydrogen-bond acceptors (Lipinski definition) is 7. The minimum absolute atomic E-state index is 0.00699. The van der Waals surface area contributed by atoms with E-state index in [1.807, 2.05) is 6.92 Å². The Bertz CT molecular complexity index is 1610. The van der Waals surface area contributed by atoms with E-state index in [0.717, 1.165) is 18.0 Å². The fraction of sp³-hybridized carbons (Fsp3) is 0.214. The third-order valence-electron chi connectivity index (χ3n) is 5.93. The Kier molecular flexibility index (Phi) is 8.43. The van der Waals surface area contributed by atoms with Crippen molar-refractivity contribution in [1.82, 2.24) is 4.98 Å². The fourth-order valence-corrected chi connectivity index (χ4v) is 4.64. The number of anilines is 1. The summed E-state index contributed by atoms with van der Waals surface area (Å²) in [5.41, 5.74) is 2.82. The van der Waals surface area contributed by atoms with Gasteiger partial charge in [-0.2, -0.15) is 21.6 Å². The first-order chi connectivity index (χ1) is 18.8. The van der Waals surface area contributed by atoms with E-state index < -0.39 is 34.9 Å². The van der Waals surface area contributed by atoms with Crippen LogP contribution in [0.4, 0.5) is 18.9 Å². The first kappa shape index (κ1) is 29.0. The molecule has 0 bridgehead atoms. The standard InChI is InChI=1S/C28H25F3N2O6S/c1-18-3-11-24(12-4-18)40(36,37)39-17-22(34)16-38-23-10-14-26-20(15-23)7-13-25(32-26)19-5-8-21(9-6-19)33(2)27(35)28(29,30)31/h3-15,22,34H,16-17H2,1-2H3. The lowest BCUT2D eigenvalue weighted by Gasteiger charge is -2.19. The minimum atomic E-state index is -4.97. The number of fused-ring (bicyclic) bond motifs is 1. The van der Waals surface area contributed by atoms with E-state index in [2.05, 4.69) is 4.98 Å². The molecule has 0 fully saturated rings. The van der Waals surface area contributed by atoms with E-state index >= 15 is 0 Å². The topological polar surface area (TPSA) is 106 Å². The van der Waals surface area contributed by atoms with Crippen LogP contribution in [0.1, 0.15) is 5.56 Å². The monoisotopic (exact) mass is 574 g/mol. The predicted molar refractivity (Wildman–Crippen MR) is 142 cm³/mol. The number of aromatic nitrogens is 1. The highest BCUT2D eigenvalue weighted by molar-refractivity contribution is 7.86. The molecule has 0 aliphatic heterocycles. The van der Waals surface area contributed by atoms with Crippen molar-refractivity contribution in [3.63, 3.8) is 0 Å². The summed E-state index contributed by atoms with van der Waals surface area (Å²) in [5.74, 6) is -1.54. The SMILES string of the molecule is Cc1ccc(S(=O)(=O)OCC(O)COc2ccc3nc(-c4ccc(N(C)C(=O)C(F)(F)F)cc4)ccc3c2)cc1. The van der Waals surface area contributed by atoms with Crippen molar-refractivity contribution >= 4 is 32.6 Å². The fourth-order valence-electron chi connectivity index (χ4n) is 3.70. The molecule has 4 aromatic rings. The maximum absolute atomic E-state index is 12.7. The Labute approximate surface area is 228 Å². The van der Waals surface area contributed by atoms with Gasteiger partial charge in [0.1, 0.15) is 18.5 Å². The summed E-state index contributed by atoms with van der Waals surface area (Å²) in [6.45, 7) is 1.14. The first-order valence-electron chi connectivity index (χ1n) is 12.0. The summed E-state index contributed by atoms with van der Waals surface area (Å²) in [6, 6.07) is 20.6. The van der Waals surface area contributed by atoms with Crippen LogP contribution >= 0.6 is 0 Å². The van der Waals surface area contributed by atoms with Crippen molar-refractivity contribution in [2.24, 2.45) is 0 Å². The number of aliphatic hydroxyl groups excluding tert-OH is 1. The van der Waals surface area contributed by atoms with Crippen LogP contribution < -0.4 is 9.64 Å². The molecular weight excluding hydrogens is 549 g/mol. The highest BCUT2D eigenvalue weighted by atomic mass is 32.2. The van der Waals surface area contributed by atoms with Crippen LogP contribution in [0.2, 0.25) is 0 Å². The molecule has 1 amide bonds. The molecule has 1 N–H and O–H groups in total. The van der Waals surface area contributed by atoms with Gasteiger partial charge in [-0.05, 0) is 55.5 Å². The summed E-state index contributed by atoms with van der Waals surface area (Å²) in [6.07, 6.45) is -6.17. The Morgan fingerprint density at radius 2 is 1.65 bits per heavy atom. The number of alkyl halides is 3. The molecule has 0 aliphatic rings. The molecule has 1 atom stereocenters. The maximum atomic E-state index is 12.7. The number of pyridine rings is 1. The van der Waals surface area contributed by atoms with Crippen molar-refractivity contribution in [1.29, 1.82) is 0 Å². The van der Waals surface area contributed by atoms with E-state index in [1.165, 1.54) is 24.3 Å². The van der Waals surface area contributed by atoms with Crippen molar-refractivity contribution < 1.29 is 40.4 Å². The van der Waals surface area contributed by atoms with E-state index in [-0.39, 0.29) is 17.2 Å². The molecule has 8 nitrogen and oxygen atoms in total. The molecule has 1 aromatic heterocycles. The van der Waals surface area contributed by atoms with Gasteiger partial charge in [0.05, 0.1) is 22.7 Å². The second-order valence-electron chi connectivity index (χ2n) is 8.98. The molecule has 0 saturated carbocycles. The minimum Gasteiger partial charge on any atom is -0.491 e. The summed E-state index contributed by atoms with van der Waals surface area (Å²) in [4.78, 5) is 16.5. The Balaban J connectivity index is 1.36.